The van der Waals surface area contributed by atoms with Crippen molar-refractivity contribution >= 4 is 34.3 Å². The van der Waals surface area contributed by atoms with E-state index in [0.717, 1.165) is 11.3 Å². The van der Waals surface area contributed by atoms with Crippen LogP contribution in [0.25, 0.3) is 11.0 Å². The third-order valence-electron chi connectivity index (χ3n) is 6.12. The quantitative estimate of drug-likeness (QED) is 0.428. The maximum Gasteiger partial charge on any atom is 0.356 e. The van der Waals surface area contributed by atoms with Gasteiger partial charge in [0, 0.05) is 31.7 Å². The van der Waals surface area contributed by atoms with Gasteiger partial charge in [0.05, 0.1) is 43.8 Å². The van der Waals surface area contributed by atoms with Crippen molar-refractivity contribution in [2.24, 2.45) is 5.92 Å². The molecule has 9 nitrogen and oxygen atoms in total. The van der Waals surface area contributed by atoms with Crippen molar-refractivity contribution in [1.82, 2.24) is 9.55 Å². The summed E-state index contributed by atoms with van der Waals surface area (Å²) in [5, 5.41) is 7.02. The predicted octanol–water partition coefficient (Wildman–Crippen LogP) is 3.49. The number of nitrogens with one attached hydrogen (secondary N) is 2. The number of esters is 1. The van der Waals surface area contributed by atoms with Crippen molar-refractivity contribution in [2.75, 3.05) is 44.7 Å². The summed E-state index contributed by atoms with van der Waals surface area (Å²) >= 11 is 0. The molecule has 35 heavy (non-hydrogen) atoms. The van der Waals surface area contributed by atoms with Gasteiger partial charge in [-0.05, 0) is 31.4 Å². The van der Waals surface area contributed by atoms with Gasteiger partial charge in [-0.25, -0.2) is 9.78 Å². The zero-order valence-electron chi connectivity index (χ0n) is 20.4. The van der Waals surface area contributed by atoms with Crippen LogP contribution in [0.15, 0.2) is 42.6 Å². The molecule has 2 atom stereocenters. The van der Waals surface area contributed by atoms with E-state index in [9.17, 15) is 9.59 Å². The van der Waals surface area contributed by atoms with Gasteiger partial charge in [0.15, 0.2) is 5.69 Å². The molecule has 0 saturated carbocycles. The molecule has 3 aromatic rings. The molecule has 3 heterocycles. The van der Waals surface area contributed by atoms with Crippen LogP contribution in [-0.2, 0) is 32.0 Å². The van der Waals surface area contributed by atoms with Gasteiger partial charge in [0.1, 0.15) is 5.65 Å². The van der Waals surface area contributed by atoms with E-state index in [4.69, 9.17) is 14.2 Å². The summed E-state index contributed by atoms with van der Waals surface area (Å²) in [7, 11) is 2.99. The number of amides is 1. The highest BCUT2D eigenvalue weighted by Gasteiger charge is 2.30. The molecular formula is C26H32N4O5. The predicted molar refractivity (Wildman–Crippen MR) is 134 cm³/mol. The number of aromatic nitrogens is 2. The lowest BCUT2D eigenvalue weighted by molar-refractivity contribution is -0.119. The number of hydrogen-bond acceptors (Lipinski definition) is 7. The van der Waals surface area contributed by atoms with E-state index in [1.807, 2.05) is 47.9 Å². The number of aryl methyl sites for hydroxylation is 2. The van der Waals surface area contributed by atoms with Crippen molar-refractivity contribution in [3.05, 3.63) is 53.9 Å². The lowest BCUT2D eigenvalue weighted by Crippen LogP contribution is -2.24. The minimum absolute atomic E-state index is 0.0492. The third kappa shape index (κ3) is 5.63. The number of methoxy groups -OCH3 is 2. The van der Waals surface area contributed by atoms with Gasteiger partial charge in [0.2, 0.25) is 5.91 Å². The van der Waals surface area contributed by atoms with E-state index < -0.39 is 5.97 Å². The summed E-state index contributed by atoms with van der Waals surface area (Å²) < 4.78 is 17.6. The average molecular weight is 481 g/mol. The topological polar surface area (TPSA) is 104 Å². The first kappa shape index (κ1) is 24.7. The Hall–Kier alpha value is -3.43. The zero-order chi connectivity index (χ0) is 24.8. The smallest absolute Gasteiger partial charge is 0.356 e. The standard InChI is InChI=1S/C26H32N4O5/c1-17(15-33-2)28-20-13-21-22(29-25(31)19-10-12-35-16-19)23(26(32)34-3)30(24(21)27-14-20)11-9-18-7-5-4-6-8-18/h4-8,13-14,17,19,28H,9-12,15-16H2,1-3H3,(H,29,31)/t17-,19+/m0/s1. The van der Waals surface area contributed by atoms with Crippen LogP contribution in [0, 0.1) is 5.92 Å². The molecular weight excluding hydrogens is 448 g/mol. The minimum atomic E-state index is -0.531. The Kier molecular flexibility index (Phi) is 7.99. The van der Waals surface area contributed by atoms with Crippen molar-refractivity contribution in [2.45, 2.75) is 32.4 Å². The molecule has 1 aromatic carbocycles. The van der Waals surface area contributed by atoms with Crippen molar-refractivity contribution < 1.29 is 23.8 Å². The number of pyridine rings is 1. The van der Waals surface area contributed by atoms with E-state index in [1.165, 1.54) is 7.11 Å². The second kappa shape index (κ2) is 11.3. The van der Waals surface area contributed by atoms with E-state index in [1.54, 1.807) is 13.3 Å². The number of hydrogen-bond donors (Lipinski definition) is 2. The summed E-state index contributed by atoms with van der Waals surface area (Å²) in [5.74, 6) is -0.976. The van der Waals surface area contributed by atoms with Crippen LogP contribution in [0.3, 0.4) is 0 Å². The third-order valence-corrected chi connectivity index (χ3v) is 6.12. The molecule has 1 aliphatic rings. The van der Waals surface area contributed by atoms with Gasteiger partial charge in [-0.1, -0.05) is 30.3 Å². The molecule has 1 aliphatic heterocycles. The first-order chi connectivity index (χ1) is 17.0. The zero-order valence-corrected chi connectivity index (χ0v) is 20.4. The molecule has 2 N–H and O–H groups in total. The second-order valence-corrected chi connectivity index (χ2v) is 8.75. The fourth-order valence-corrected chi connectivity index (χ4v) is 4.39. The molecule has 0 bridgehead atoms. The summed E-state index contributed by atoms with van der Waals surface area (Å²) in [6.07, 6.45) is 3.06. The van der Waals surface area contributed by atoms with Crippen LogP contribution in [-0.4, -0.2) is 61.5 Å². The monoisotopic (exact) mass is 480 g/mol. The van der Waals surface area contributed by atoms with Crippen LogP contribution >= 0.6 is 0 Å². The highest BCUT2D eigenvalue weighted by molar-refractivity contribution is 6.11. The number of fused-ring (bicyclic) bond motifs is 1. The number of ether oxygens (including phenoxy) is 3. The van der Waals surface area contributed by atoms with Crippen LogP contribution in [0.2, 0.25) is 0 Å². The summed E-state index contributed by atoms with van der Waals surface area (Å²) in [6, 6.07) is 12.0. The van der Waals surface area contributed by atoms with Crippen molar-refractivity contribution in [1.29, 1.82) is 0 Å². The molecule has 0 aliphatic carbocycles. The Balaban J connectivity index is 1.78. The molecule has 9 heteroatoms. The lowest BCUT2D eigenvalue weighted by Gasteiger charge is -2.14. The first-order valence-corrected chi connectivity index (χ1v) is 11.8. The largest absolute Gasteiger partial charge is 0.464 e. The molecule has 0 radical (unpaired) electrons. The lowest BCUT2D eigenvalue weighted by atomic mass is 10.1. The Labute approximate surface area is 204 Å². The minimum Gasteiger partial charge on any atom is -0.464 e. The number of benzene rings is 1. The van der Waals surface area contributed by atoms with E-state index in [-0.39, 0.29) is 23.6 Å². The number of nitrogens with zero attached hydrogens (tertiary/aromatic N) is 2. The number of carbonyl (C=O) groups excluding carboxylic acids is 2. The molecule has 1 fully saturated rings. The van der Waals surface area contributed by atoms with Crippen LogP contribution in [0.1, 0.15) is 29.4 Å². The number of rotatable bonds is 10. The fourth-order valence-electron chi connectivity index (χ4n) is 4.39. The SMILES string of the molecule is COC[C@H](C)Nc1cnc2c(c1)c(NC(=O)[C@@H]1CCOC1)c(C(=O)OC)n2CCc1ccccc1. The molecule has 4 rings (SSSR count). The van der Waals surface area contributed by atoms with Crippen molar-refractivity contribution in [3.8, 4) is 0 Å². The Morgan fingerprint density at radius 2 is 2.06 bits per heavy atom. The molecule has 186 valence electrons. The van der Waals surface area contributed by atoms with E-state index >= 15 is 0 Å². The maximum atomic E-state index is 13.1. The Morgan fingerprint density at radius 1 is 1.26 bits per heavy atom. The molecule has 2 aromatic heterocycles. The molecule has 1 amide bonds. The van der Waals surface area contributed by atoms with Crippen LogP contribution in [0.4, 0.5) is 11.4 Å². The second-order valence-electron chi connectivity index (χ2n) is 8.75. The van der Waals surface area contributed by atoms with Gasteiger partial charge in [0.25, 0.3) is 0 Å². The summed E-state index contributed by atoms with van der Waals surface area (Å²) in [5.41, 5.74) is 3.18. The Morgan fingerprint density at radius 3 is 2.74 bits per heavy atom. The maximum absolute atomic E-state index is 13.1. The average Bonchev–Trinajstić information content (AvgIpc) is 3.50. The highest BCUT2D eigenvalue weighted by Crippen LogP contribution is 2.34. The normalized spacial score (nSPS) is 16.3. The summed E-state index contributed by atoms with van der Waals surface area (Å²) in [4.78, 5) is 30.7. The van der Waals surface area contributed by atoms with Crippen molar-refractivity contribution in [3.63, 3.8) is 0 Å². The van der Waals surface area contributed by atoms with Gasteiger partial charge in [-0.3, -0.25) is 4.79 Å². The number of carbonyl (C=O) groups is 2. The van der Waals surface area contributed by atoms with Gasteiger partial charge in [-0.15, -0.1) is 0 Å². The van der Waals surface area contributed by atoms with Gasteiger partial charge < -0.3 is 29.4 Å². The molecule has 1 saturated heterocycles. The van der Waals surface area contributed by atoms with Crippen LogP contribution in [0.5, 0.6) is 0 Å². The fraction of sp³-hybridized carbons (Fsp3) is 0.423. The van der Waals surface area contributed by atoms with E-state index in [0.29, 0.717) is 55.9 Å². The van der Waals surface area contributed by atoms with E-state index in [2.05, 4.69) is 15.6 Å². The summed E-state index contributed by atoms with van der Waals surface area (Å²) in [6.45, 7) is 3.93. The Bertz CT molecular complexity index is 1170. The first-order valence-electron chi connectivity index (χ1n) is 11.8. The number of anilines is 2. The van der Waals surface area contributed by atoms with Crippen LogP contribution < -0.4 is 10.6 Å². The van der Waals surface area contributed by atoms with Gasteiger partial charge in [-0.2, -0.15) is 0 Å². The molecule has 0 unspecified atom stereocenters. The highest BCUT2D eigenvalue weighted by atomic mass is 16.5. The van der Waals surface area contributed by atoms with Gasteiger partial charge >= 0.3 is 5.97 Å². The molecule has 0 spiro atoms.